The summed E-state index contributed by atoms with van der Waals surface area (Å²) in [6.07, 6.45) is 3.53. The van der Waals surface area contributed by atoms with Gasteiger partial charge in [0.1, 0.15) is 11.8 Å². The molecule has 2 aromatic rings. The second kappa shape index (κ2) is 13.6. The van der Waals surface area contributed by atoms with Crippen LogP contribution < -0.4 is 20.7 Å². The highest BCUT2D eigenvalue weighted by Crippen LogP contribution is 2.29. The van der Waals surface area contributed by atoms with Crippen LogP contribution in [0.25, 0.3) is 0 Å². The molecule has 184 valence electrons. The van der Waals surface area contributed by atoms with Crippen molar-refractivity contribution in [1.29, 1.82) is 0 Å². The maximum absolute atomic E-state index is 13.5. The summed E-state index contributed by atoms with van der Waals surface area (Å²) in [5, 5.41) is 3.01. The van der Waals surface area contributed by atoms with Crippen LogP contribution >= 0.6 is 0 Å². The minimum atomic E-state index is -0.563. The van der Waals surface area contributed by atoms with E-state index < -0.39 is 6.04 Å². The van der Waals surface area contributed by atoms with Crippen molar-refractivity contribution < 1.29 is 14.3 Å². The summed E-state index contributed by atoms with van der Waals surface area (Å²) < 4.78 is 5.78. The molecule has 2 amide bonds. The Morgan fingerprint density at radius 2 is 1.68 bits per heavy atom. The van der Waals surface area contributed by atoms with Crippen molar-refractivity contribution in [3.8, 4) is 5.75 Å². The lowest BCUT2D eigenvalue weighted by Gasteiger charge is -2.38. The van der Waals surface area contributed by atoms with Crippen molar-refractivity contribution >= 4 is 17.5 Å². The lowest BCUT2D eigenvalue weighted by molar-refractivity contribution is -0.136. The fourth-order valence-corrected chi connectivity index (χ4v) is 4.31. The number of amides is 2. The van der Waals surface area contributed by atoms with E-state index in [9.17, 15) is 9.59 Å². The summed E-state index contributed by atoms with van der Waals surface area (Å²) in [4.78, 5) is 30.2. The standard InChI is InChI=1S/C27H38N4O3/c1-2-34-25-14-9-8-13-24(25)30-17-19-31(20-18-30)27(33)23(21-22-11-5-3-6-12-22)29-26(32)15-7-4-10-16-28/h3,5-6,8-9,11-14,23H,2,4,7,10,15-21,28H2,1H3,(H,29,32). The summed E-state index contributed by atoms with van der Waals surface area (Å²) >= 11 is 0. The highest BCUT2D eigenvalue weighted by Gasteiger charge is 2.29. The number of rotatable bonds is 12. The topological polar surface area (TPSA) is 87.9 Å². The third kappa shape index (κ3) is 7.48. The van der Waals surface area contributed by atoms with Gasteiger partial charge in [0.2, 0.25) is 11.8 Å². The van der Waals surface area contributed by atoms with Crippen LogP contribution in [0.3, 0.4) is 0 Å². The van der Waals surface area contributed by atoms with Crippen LogP contribution in [-0.4, -0.2) is 62.1 Å². The second-order valence-corrected chi connectivity index (χ2v) is 8.62. The Hall–Kier alpha value is -3.06. The van der Waals surface area contributed by atoms with Crippen molar-refractivity contribution in [2.24, 2.45) is 5.73 Å². The molecule has 0 radical (unpaired) electrons. The lowest BCUT2D eigenvalue weighted by atomic mass is 10.0. The monoisotopic (exact) mass is 466 g/mol. The van der Waals surface area contributed by atoms with Gasteiger partial charge in [0, 0.05) is 39.0 Å². The van der Waals surface area contributed by atoms with E-state index in [4.69, 9.17) is 10.5 Å². The smallest absolute Gasteiger partial charge is 0.245 e. The van der Waals surface area contributed by atoms with E-state index in [2.05, 4.69) is 16.3 Å². The van der Waals surface area contributed by atoms with Crippen LogP contribution in [0, 0.1) is 0 Å². The molecule has 0 aliphatic carbocycles. The number of carbonyl (C=O) groups excluding carboxylic acids is 2. The number of nitrogens with zero attached hydrogens (tertiary/aromatic N) is 2. The van der Waals surface area contributed by atoms with Gasteiger partial charge in [-0.05, 0) is 44.0 Å². The first-order chi connectivity index (χ1) is 16.6. The molecule has 3 rings (SSSR count). The molecule has 1 aliphatic rings. The summed E-state index contributed by atoms with van der Waals surface area (Å²) in [6.45, 7) is 5.89. The van der Waals surface area contributed by atoms with Crippen molar-refractivity contribution in [3.63, 3.8) is 0 Å². The zero-order valence-corrected chi connectivity index (χ0v) is 20.2. The third-order valence-electron chi connectivity index (χ3n) is 6.12. The van der Waals surface area contributed by atoms with Gasteiger partial charge in [-0.2, -0.15) is 0 Å². The Bertz CT molecular complexity index is 898. The molecule has 7 nitrogen and oxygen atoms in total. The van der Waals surface area contributed by atoms with E-state index in [1.165, 1.54) is 0 Å². The van der Waals surface area contributed by atoms with E-state index in [1.807, 2.05) is 60.4 Å². The van der Waals surface area contributed by atoms with Gasteiger partial charge in [0.05, 0.1) is 12.3 Å². The first-order valence-electron chi connectivity index (χ1n) is 12.4. The Labute approximate surface area is 203 Å². The quantitative estimate of drug-likeness (QED) is 0.470. The van der Waals surface area contributed by atoms with Gasteiger partial charge in [0.25, 0.3) is 0 Å². The second-order valence-electron chi connectivity index (χ2n) is 8.62. The number of hydrogen-bond donors (Lipinski definition) is 2. The highest BCUT2D eigenvalue weighted by molar-refractivity contribution is 5.88. The predicted molar refractivity (Wildman–Crippen MR) is 136 cm³/mol. The Morgan fingerprint density at radius 3 is 2.38 bits per heavy atom. The number of nitrogens with two attached hydrogens (primary N) is 1. The number of ether oxygens (including phenoxy) is 1. The maximum Gasteiger partial charge on any atom is 0.245 e. The minimum Gasteiger partial charge on any atom is -0.492 e. The van der Waals surface area contributed by atoms with Crippen LogP contribution in [0.4, 0.5) is 5.69 Å². The molecule has 1 unspecified atom stereocenters. The van der Waals surface area contributed by atoms with Gasteiger partial charge in [-0.15, -0.1) is 0 Å². The van der Waals surface area contributed by atoms with Crippen molar-refractivity contribution in [3.05, 3.63) is 60.2 Å². The fraction of sp³-hybridized carbons (Fsp3) is 0.481. The molecule has 0 spiro atoms. The molecule has 0 bridgehead atoms. The minimum absolute atomic E-state index is 0.0168. The molecule has 34 heavy (non-hydrogen) atoms. The number of unbranched alkanes of at least 4 members (excludes halogenated alkanes) is 2. The van der Waals surface area contributed by atoms with Gasteiger partial charge >= 0.3 is 0 Å². The zero-order valence-electron chi connectivity index (χ0n) is 20.2. The van der Waals surface area contributed by atoms with E-state index in [1.54, 1.807) is 0 Å². The number of carbonyl (C=O) groups is 2. The van der Waals surface area contributed by atoms with Crippen LogP contribution in [0.5, 0.6) is 5.75 Å². The van der Waals surface area contributed by atoms with E-state index >= 15 is 0 Å². The number of benzene rings is 2. The number of piperazine rings is 1. The molecular weight excluding hydrogens is 428 g/mol. The lowest BCUT2D eigenvalue weighted by Crippen LogP contribution is -2.55. The van der Waals surface area contributed by atoms with Crippen molar-refractivity contribution in [2.45, 2.75) is 45.1 Å². The summed E-state index contributed by atoms with van der Waals surface area (Å²) in [7, 11) is 0. The molecule has 2 aromatic carbocycles. The predicted octanol–water partition coefficient (Wildman–Crippen LogP) is 2.98. The molecule has 3 N–H and O–H groups in total. The molecule has 1 atom stereocenters. The molecule has 1 aliphatic heterocycles. The fourth-order valence-electron chi connectivity index (χ4n) is 4.31. The first-order valence-corrected chi connectivity index (χ1v) is 12.4. The van der Waals surface area contributed by atoms with Gasteiger partial charge in [0.15, 0.2) is 0 Å². The van der Waals surface area contributed by atoms with Gasteiger partial charge in [-0.3, -0.25) is 9.59 Å². The third-order valence-corrected chi connectivity index (χ3v) is 6.12. The van der Waals surface area contributed by atoms with Crippen LogP contribution in [0.1, 0.15) is 38.2 Å². The number of nitrogens with one attached hydrogen (secondary N) is 1. The normalized spacial score (nSPS) is 14.5. The average Bonchev–Trinajstić information content (AvgIpc) is 2.87. The summed E-state index contributed by atoms with van der Waals surface area (Å²) in [5.41, 5.74) is 7.64. The van der Waals surface area contributed by atoms with Crippen molar-refractivity contribution in [2.75, 3.05) is 44.2 Å². The van der Waals surface area contributed by atoms with Gasteiger partial charge in [-0.25, -0.2) is 0 Å². The first kappa shape index (κ1) is 25.6. The van der Waals surface area contributed by atoms with Gasteiger partial charge < -0.3 is 25.6 Å². The van der Waals surface area contributed by atoms with E-state index in [-0.39, 0.29) is 11.8 Å². The Balaban J connectivity index is 1.62. The van der Waals surface area contributed by atoms with Gasteiger partial charge in [-0.1, -0.05) is 48.9 Å². The van der Waals surface area contributed by atoms with E-state index in [0.717, 1.165) is 49.4 Å². The molecule has 1 saturated heterocycles. The van der Waals surface area contributed by atoms with Crippen LogP contribution in [-0.2, 0) is 16.0 Å². The molecule has 0 saturated carbocycles. The maximum atomic E-state index is 13.5. The molecule has 1 fully saturated rings. The molecule has 7 heteroatoms. The van der Waals surface area contributed by atoms with Crippen molar-refractivity contribution in [1.82, 2.24) is 10.2 Å². The molecule has 0 aromatic heterocycles. The average molecular weight is 467 g/mol. The summed E-state index contributed by atoms with van der Waals surface area (Å²) in [6, 6.07) is 17.3. The summed E-state index contributed by atoms with van der Waals surface area (Å²) in [5.74, 6) is 0.779. The molecule has 1 heterocycles. The number of hydrogen-bond acceptors (Lipinski definition) is 5. The van der Waals surface area contributed by atoms with Crippen LogP contribution in [0.2, 0.25) is 0 Å². The highest BCUT2D eigenvalue weighted by atomic mass is 16.5. The number of para-hydroxylation sites is 2. The largest absolute Gasteiger partial charge is 0.492 e. The zero-order chi connectivity index (χ0) is 24.2. The van der Waals surface area contributed by atoms with E-state index in [0.29, 0.717) is 39.1 Å². The molecular formula is C27H38N4O3. The SMILES string of the molecule is CCOc1ccccc1N1CCN(C(=O)C(Cc2ccccc2)NC(=O)CCCCCN)CC1. The van der Waals surface area contributed by atoms with Crippen LogP contribution in [0.15, 0.2) is 54.6 Å². The Kier molecular flexibility index (Phi) is 10.2. The Morgan fingerprint density at radius 1 is 0.971 bits per heavy atom. The number of anilines is 1.